The van der Waals surface area contributed by atoms with Gasteiger partial charge in [-0.25, -0.2) is 4.79 Å². The molecule has 0 aromatic heterocycles. The van der Waals surface area contributed by atoms with E-state index in [0.29, 0.717) is 12.0 Å². The van der Waals surface area contributed by atoms with Gasteiger partial charge in [-0.2, -0.15) is 0 Å². The van der Waals surface area contributed by atoms with E-state index in [2.05, 4.69) is 14.7 Å². The van der Waals surface area contributed by atoms with Crippen LogP contribution >= 0.6 is 0 Å². The van der Waals surface area contributed by atoms with Gasteiger partial charge in [0.15, 0.2) is 0 Å². The molecule has 0 saturated carbocycles. The highest BCUT2D eigenvalue weighted by atomic mass is 16.5. The molecular weight excluding hydrogens is 192 g/mol. The summed E-state index contributed by atoms with van der Waals surface area (Å²) >= 11 is 0. The van der Waals surface area contributed by atoms with Crippen LogP contribution in [0.3, 0.4) is 0 Å². The molecule has 4 heteroatoms. The summed E-state index contributed by atoms with van der Waals surface area (Å²) in [5, 5.41) is 0. The molecule has 15 heavy (non-hydrogen) atoms. The molecule has 0 unspecified atom stereocenters. The van der Waals surface area contributed by atoms with Gasteiger partial charge in [-0.05, 0) is 12.2 Å². The molecule has 1 aliphatic carbocycles. The van der Waals surface area contributed by atoms with Crippen LogP contribution in [0.1, 0.15) is 6.42 Å². The summed E-state index contributed by atoms with van der Waals surface area (Å²) in [6.07, 6.45) is 9.02. The van der Waals surface area contributed by atoms with Gasteiger partial charge in [-0.3, -0.25) is 9.98 Å². The van der Waals surface area contributed by atoms with E-state index in [4.69, 9.17) is 0 Å². The van der Waals surface area contributed by atoms with Crippen molar-refractivity contribution in [1.82, 2.24) is 0 Å². The quantitative estimate of drug-likeness (QED) is 0.604. The number of fused-ring (bicyclic) bond motifs is 1. The molecule has 4 nitrogen and oxygen atoms in total. The molecule has 76 valence electrons. The Labute approximate surface area is 87.4 Å². The number of methoxy groups -OCH3 is 1. The molecule has 0 N–H and O–H groups in total. The van der Waals surface area contributed by atoms with Gasteiger partial charge in [-0.1, -0.05) is 0 Å². The monoisotopic (exact) mass is 202 g/mol. The lowest BCUT2D eigenvalue weighted by Gasteiger charge is -2.12. The Balaban J connectivity index is 2.32. The molecule has 0 radical (unpaired) electrons. The number of hydrogen-bond donors (Lipinski definition) is 0. The third-order valence-electron chi connectivity index (χ3n) is 2.20. The minimum atomic E-state index is -0.302. The predicted molar refractivity (Wildman–Crippen MR) is 57.9 cm³/mol. The standard InChI is InChI=1S/C11H10N2O2/c1-15-11(14)8-2-3-10-9(6-8)7-12-4-5-13-10/h2-5,7H,6H2,1H3. The number of esters is 1. The zero-order valence-corrected chi connectivity index (χ0v) is 8.30. The second-order valence-electron chi connectivity index (χ2n) is 3.14. The molecule has 1 heterocycles. The van der Waals surface area contributed by atoms with Crippen molar-refractivity contribution in [3.8, 4) is 0 Å². The average Bonchev–Trinajstić information content (AvgIpc) is 2.51. The van der Waals surface area contributed by atoms with Gasteiger partial charge >= 0.3 is 5.97 Å². The fourth-order valence-corrected chi connectivity index (χ4v) is 1.44. The molecule has 0 aromatic rings. The van der Waals surface area contributed by atoms with Crippen molar-refractivity contribution in [3.63, 3.8) is 0 Å². The van der Waals surface area contributed by atoms with Crippen molar-refractivity contribution in [2.75, 3.05) is 7.11 Å². The number of rotatable bonds is 1. The number of aliphatic imine (C=N–C) groups is 2. The van der Waals surface area contributed by atoms with Crippen molar-refractivity contribution in [1.29, 1.82) is 0 Å². The van der Waals surface area contributed by atoms with Crippen LogP contribution in [0.5, 0.6) is 0 Å². The van der Waals surface area contributed by atoms with Crippen LogP contribution in [0.4, 0.5) is 0 Å². The van der Waals surface area contributed by atoms with Crippen LogP contribution in [0.2, 0.25) is 0 Å². The van der Waals surface area contributed by atoms with Crippen LogP contribution in [0.25, 0.3) is 0 Å². The average molecular weight is 202 g/mol. The molecule has 0 spiro atoms. The molecule has 0 amide bonds. The lowest BCUT2D eigenvalue weighted by molar-refractivity contribution is -0.136. The molecule has 2 aliphatic rings. The summed E-state index contributed by atoms with van der Waals surface area (Å²) in [5.41, 5.74) is 2.41. The smallest absolute Gasteiger partial charge is 0.334 e. The Hall–Kier alpha value is -1.97. The summed E-state index contributed by atoms with van der Waals surface area (Å²) in [7, 11) is 1.38. The van der Waals surface area contributed by atoms with Gasteiger partial charge in [-0.15, -0.1) is 0 Å². The topological polar surface area (TPSA) is 51.0 Å². The maximum Gasteiger partial charge on any atom is 0.334 e. The van der Waals surface area contributed by atoms with Gasteiger partial charge in [0.05, 0.1) is 12.8 Å². The first-order chi connectivity index (χ1) is 7.31. The fraction of sp³-hybridized carbons (Fsp3) is 0.182. The maximum absolute atomic E-state index is 11.3. The number of ether oxygens (including phenoxy) is 1. The first-order valence-electron chi connectivity index (χ1n) is 4.55. The molecule has 2 rings (SSSR count). The molecule has 0 atom stereocenters. The van der Waals surface area contributed by atoms with E-state index in [1.54, 1.807) is 30.8 Å². The second kappa shape index (κ2) is 4.04. The van der Waals surface area contributed by atoms with Gasteiger partial charge < -0.3 is 4.74 Å². The molecule has 0 saturated heterocycles. The number of hydrogen-bond acceptors (Lipinski definition) is 4. The highest BCUT2D eigenvalue weighted by molar-refractivity contribution is 6.17. The highest BCUT2D eigenvalue weighted by Crippen LogP contribution is 2.26. The molecule has 0 aromatic carbocycles. The summed E-state index contributed by atoms with van der Waals surface area (Å²) in [5.74, 6) is -0.302. The second-order valence-corrected chi connectivity index (χ2v) is 3.14. The summed E-state index contributed by atoms with van der Waals surface area (Å²) in [6, 6.07) is 0. The highest BCUT2D eigenvalue weighted by Gasteiger charge is 2.17. The minimum absolute atomic E-state index is 0.302. The Morgan fingerprint density at radius 2 is 2.27 bits per heavy atom. The summed E-state index contributed by atoms with van der Waals surface area (Å²) < 4.78 is 4.66. The van der Waals surface area contributed by atoms with E-state index in [0.717, 1.165) is 11.3 Å². The fourth-order valence-electron chi connectivity index (χ4n) is 1.44. The van der Waals surface area contributed by atoms with E-state index in [-0.39, 0.29) is 5.97 Å². The summed E-state index contributed by atoms with van der Waals surface area (Å²) in [4.78, 5) is 19.5. The van der Waals surface area contributed by atoms with Crippen molar-refractivity contribution in [2.24, 2.45) is 9.98 Å². The van der Waals surface area contributed by atoms with Crippen molar-refractivity contribution in [3.05, 3.63) is 35.2 Å². The third-order valence-corrected chi connectivity index (χ3v) is 2.20. The molecule has 0 fully saturated rings. The molecule has 0 bridgehead atoms. The summed E-state index contributed by atoms with van der Waals surface area (Å²) in [6.45, 7) is 0. The van der Waals surface area contributed by atoms with Crippen LogP contribution < -0.4 is 0 Å². The zero-order chi connectivity index (χ0) is 10.7. The zero-order valence-electron chi connectivity index (χ0n) is 8.30. The van der Waals surface area contributed by atoms with E-state index in [9.17, 15) is 4.79 Å². The van der Waals surface area contributed by atoms with Gasteiger partial charge in [0.2, 0.25) is 0 Å². The maximum atomic E-state index is 11.3. The van der Waals surface area contributed by atoms with Gasteiger partial charge in [0, 0.05) is 36.2 Å². The van der Waals surface area contributed by atoms with Crippen LogP contribution in [-0.2, 0) is 9.53 Å². The predicted octanol–water partition coefficient (Wildman–Crippen LogP) is 1.41. The number of nitrogens with zero attached hydrogens (tertiary/aromatic N) is 2. The van der Waals surface area contributed by atoms with E-state index >= 15 is 0 Å². The van der Waals surface area contributed by atoms with Crippen LogP contribution in [0.15, 0.2) is 45.2 Å². The Morgan fingerprint density at radius 1 is 1.40 bits per heavy atom. The largest absolute Gasteiger partial charge is 0.466 e. The van der Waals surface area contributed by atoms with E-state index in [1.165, 1.54) is 7.11 Å². The molecular formula is C11H10N2O2. The lowest BCUT2D eigenvalue weighted by Crippen LogP contribution is -2.08. The SMILES string of the molecule is COC(=O)C1=CC=C2N=CC=NC=C2C1. The number of allylic oxidation sites excluding steroid dienone is 3. The molecule has 1 aliphatic heterocycles. The van der Waals surface area contributed by atoms with Crippen molar-refractivity contribution >= 4 is 18.4 Å². The lowest BCUT2D eigenvalue weighted by atomic mass is 9.98. The number of carbonyl (C=O) groups excluding carboxylic acids is 1. The Bertz CT molecular complexity index is 440. The van der Waals surface area contributed by atoms with E-state index < -0.39 is 0 Å². The third kappa shape index (κ3) is 1.93. The van der Waals surface area contributed by atoms with Crippen molar-refractivity contribution in [2.45, 2.75) is 6.42 Å². The van der Waals surface area contributed by atoms with Gasteiger partial charge in [0.25, 0.3) is 0 Å². The van der Waals surface area contributed by atoms with Gasteiger partial charge in [0.1, 0.15) is 0 Å². The Kier molecular flexibility index (Phi) is 2.58. The number of carbonyl (C=O) groups is 1. The first kappa shape index (κ1) is 9.58. The minimum Gasteiger partial charge on any atom is -0.466 e. The normalized spacial score (nSPS) is 18.3. The van der Waals surface area contributed by atoms with Crippen LogP contribution in [-0.4, -0.2) is 25.5 Å². The van der Waals surface area contributed by atoms with E-state index in [1.807, 2.05) is 0 Å². The first-order valence-corrected chi connectivity index (χ1v) is 4.55. The van der Waals surface area contributed by atoms with Crippen LogP contribution in [0, 0.1) is 0 Å². The van der Waals surface area contributed by atoms with Crippen molar-refractivity contribution < 1.29 is 9.53 Å². The Morgan fingerprint density at radius 3 is 3.07 bits per heavy atom.